The Hall–Kier alpha value is -1.47. The molecule has 0 radical (unpaired) electrons. The lowest BCUT2D eigenvalue weighted by molar-refractivity contribution is -0.125. The van der Waals surface area contributed by atoms with Crippen LogP contribution in [0.3, 0.4) is 0 Å². The van der Waals surface area contributed by atoms with Gasteiger partial charge in [-0.1, -0.05) is 30.3 Å². The highest BCUT2D eigenvalue weighted by Gasteiger charge is 2.21. The molecule has 2 saturated heterocycles. The minimum atomic E-state index is -0.193. The topological polar surface area (TPSA) is 56.8 Å². The molecule has 132 valence electrons. The van der Waals surface area contributed by atoms with Crippen molar-refractivity contribution in [2.24, 2.45) is 0 Å². The van der Waals surface area contributed by atoms with Crippen molar-refractivity contribution in [1.29, 1.82) is 0 Å². The van der Waals surface area contributed by atoms with Crippen molar-refractivity contribution in [3.8, 4) is 0 Å². The first-order valence-corrected chi connectivity index (χ1v) is 8.89. The number of rotatable bonds is 6. The van der Waals surface area contributed by atoms with Crippen LogP contribution in [-0.4, -0.2) is 80.8 Å². The minimum Gasteiger partial charge on any atom is -0.378 e. The van der Waals surface area contributed by atoms with Crippen LogP contribution in [-0.2, 0) is 16.1 Å². The summed E-state index contributed by atoms with van der Waals surface area (Å²) in [5.74, 6) is 0.0532. The van der Waals surface area contributed by atoms with Gasteiger partial charge in [-0.2, -0.15) is 0 Å². The number of morpholine rings is 1. The summed E-state index contributed by atoms with van der Waals surface area (Å²) in [4.78, 5) is 16.9. The molecule has 2 fully saturated rings. The Bertz CT molecular complexity index is 497. The van der Waals surface area contributed by atoms with Crippen LogP contribution < -0.4 is 10.6 Å². The first-order valence-electron chi connectivity index (χ1n) is 8.89. The highest BCUT2D eigenvalue weighted by atomic mass is 16.5. The summed E-state index contributed by atoms with van der Waals surface area (Å²) < 4.78 is 5.32. The van der Waals surface area contributed by atoms with Crippen molar-refractivity contribution < 1.29 is 9.53 Å². The smallest absolute Gasteiger partial charge is 0.239 e. The number of benzene rings is 1. The van der Waals surface area contributed by atoms with E-state index in [2.05, 4.69) is 50.8 Å². The summed E-state index contributed by atoms with van der Waals surface area (Å²) in [5.41, 5.74) is 1.38. The number of amides is 1. The molecule has 3 rings (SSSR count). The van der Waals surface area contributed by atoms with Crippen LogP contribution in [0.5, 0.6) is 0 Å². The molecule has 0 aliphatic carbocycles. The molecular weight excluding hydrogens is 304 g/mol. The number of carbonyl (C=O) groups is 1. The van der Waals surface area contributed by atoms with Gasteiger partial charge in [0.15, 0.2) is 0 Å². The molecule has 6 heteroatoms. The normalized spacial score (nSPS) is 23.1. The maximum atomic E-state index is 12.0. The van der Waals surface area contributed by atoms with E-state index < -0.39 is 0 Å². The second-order valence-electron chi connectivity index (χ2n) is 6.48. The molecule has 1 unspecified atom stereocenters. The van der Waals surface area contributed by atoms with Gasteiger partial charge in [-0.05, 0) is 5.56 Å². The van der Waals surface area contributed by atoms with Gasteiger partial charge in [-0.3, -0.25) is 14.6 Å². The maximum Gasteiger partial charge on any atom is 0.239 e. The van der Waals surface area contributed by atoms with Crippen molar-refractivity contribution in [3.05, 3.63) is 35.9 Å². The zero-order valence-corrected chi connectivity index (χ0v) is 14.2. The summed E-state index contributed by atoms with van der Waals surface area (Å²) in [6.07, 6.45) is 0. The number of nitrogens with one attached hydrogen (secondary N) is 2. The van der Waals surface area contributed by atoms with E-state index >= 15 is 0 Å². The van der Waals surface area contributed by atoms with Crippen LogP contribution in [0.2, 0.25) is 0 Å². The monoisotopic (exact) mass is 332 g/mol. The number of piperazine rings is 1. The standard InChI is InChI=1S/C18H28N4O2/c23-18(17-15-24-13-7-19-17)20-6-8-21-9-11-22(12-10-21)14-16-4-2-1-3-5-16/h1-5,17,19H,6-15H2,(H,20,23). The molecular formula is C18H28N4O2. The summed E-state index contributed by atoms with van der Waals surface area (Å²) in [5, 5.41) is 6.19. The molecule has 2 heterocycles. The van der Waals surface area contributed by atoms with Crippen LogP contribution in [0.4, 0.5) is 0 Å². The van der Waals surface area contributed by atoms with Gasteiger partial charge in [0.05, 0.1) is 13.2 Å². The number of hydrogen-bond acceptors (Lipinski definition) is 5. The van der Waals surface area contributed by atoms with Crippen LogP contribution >= 0.6 is 0 Å². The Balaban J connectivity index is 1.30. The molecule has 1 atom stereocenters. The SMILES string of the molecule is O=C(NCCN1CCN(Cc2ccccc2)CC1)C1COCCN1. The van der Waals surface area contributed by atoms with E-state index in [1.165, 1.54) is 5.56 Å². The fourth-order valence-electron chi connectivity index (χ4n) is 3.21. The van der Waals surface area contributed by atoms with Crippen molar-refractivity contribution in [2.45, 2.75) is 12.6 Å². The predicted octanol–water partition coefficient (Wildman–Crippen LogP) is -0.0912. The van der Waals surface area contributed by atoms with Gasteiger partial charge in [0.25, 0.3) is 0 Å². The fourth-order valence-corrected chi connectivity index (χ4v) is 3.21. The van der Waals surface area contributed by atoms with E-state index in [1.54, 1.807) is 0 Å². The Morgan fingerprint density at radius 3 is 2.62 bits per heavy atom. The molecule has 6 nitrogen and oxygen atoms in total. The van der Waals surface area contributed by atoms with E-state index in [1.807, 2.05) is 0 Å². The summed E-state index contributed by atoms with van der Waals surface area (Å²) in [6, 6.07) is 10.4. The van der Waals surface area contributed by atoms with E-state index in [4.69, 9.17) is 4.74 Å². The summed E-state index contributed by atoms with van der Waals surface area (Å²) in [6.45, 7) is 8.86. The van der Waals surface area contributed by atoms with Crippen molar-refractivity contribution in [3.63, 3.8) is 0 Å². The molecule has 0 aromatic heterocycles. The van der Waals surface area contributed by atoms with Gasteiger partial charge in [0.1, 0.15) is 6.04 Å². The van der Waals surface area contributed by atoms with Gasteiger partial charge in [-0.25, -0.2) is 0 Å². The average molecular weight is 332 g/mol. The Kier molecular flexibility index (Phi) is 6.60. The Labute approximate surface area is 144 Å². The van der Waals surface area contributed by atoms with Gasteiger partial charge in [-0.15, -0.1) is 0 Å². The third kappa shape index (κ3) is 5.27. The first kappa shape index (κ1) is 17.4. The second kappa shape index (κ2) is 9.13. The molecule has 1 amide bonds. The molecule has 1 aromatic carbocycles. The van der Waals surface area contributed by atoms with Crippen molar-refractivity contribution in [1.82, 2.24) is 20.4 Å². The van der Waals surface area contributed by atoms with E-state index in [0.29, 0.717) is 19.8 Å². The zero-order valence-electron chi connectivity index (χ0n) is 14.2. The lowest BCUT2D eigenvalue weighted by Crippen LogP contribution is -2.53. The number of nitrogens with zero attached hydrogens (tertiary/aromatic N) is 2. The van der Waals surface area contributed by atoms with E-state index in [-0.39, 0.29) is 11.9 Å². The highest BCUT2D eigenvalue weighted by Crippen LogP contribution is 2.08. The highest BCUT2D eigenvalue weighted by molar-refractivity contribution is 5.81. The Morgan fingerprint density at radius 2 is 1.92 bits per heavy atom. The zero-order chi connectivity index (χ0) is 16.6. The van der Waals surface area contributed by atoms with Crippen LogP contribution in [0.15, 0.2) is 30.3 Å². The molecule has 1 aromatic rings. The predicted molar refractivity (Wildman–Crippen MR) is 93.8 cm³/mol. The first-order chi connectivity index (χ1) is 11.8. The lowest BCUT2D eigenvalue weighted by atomic mass is 10.2. The van der Waals surface area contributed by atoms with Gasteiger partial charge >= 0.3 is 0 Å². The maximum absolute atomic E-state index is 12.0. The molecule has 2 N–H and O–H groups in total. The third-order valence-corrected chi connectivity index (χ3v) is 4.68. The molecule has 0 spiro atoms. The second-order valence-corrected chi connectivity index (χ2v) is 6.48. The van der Waals surface area contributed by atoms with Gasteiger partial charge < -0.3 is 15.4 Å². The van der Waals surface area contributed by atoms with Crippen LogP contribution in [0.1, 0.15) is 5.56 Å². The fraction of sp³-hybridized carbons (Fsp3) is 0.611. The number of hydrogen-bond donors (Lipinski definition) is 2. The van der Waals surface area contributed by atoms with Crippen molar-refractivity contribution >= 4 is 5.91 Å². The minimum absolute atomic E-state index is 0.0532. The van der Waals surface area contributed by atoms with Crippen molar-refractivity contribution in [2.75, 3.05) is 59.0 Å². The van der Waals surface area contributed by atoms with Crippen LogP contribution in [0.25, 0.3) is 0 Å². The van der Waals surface area contributed by atoms with E-state index in [0.717, 1.165) is 45.8 Å². The van der Waals surface area contributed by atoms with Crippen LogP contribution in [0, 0.1) is 0 Å². The van der Waals surface area contributed by atoms with Gasteiger partial charge in [0.2, 0.25) is 5.91 Å². The molecule has 24 heavy (non-hydrogen) atoms. The summed E-state index contributed by atoms with van der Waals surface area (Å²) in [7, 11) is 0. The quantitative estimate of drug-likeness (QED) is 0.762. The third-order valence-electron chi connectivity index (χ3n) is 4.68. The number of carbonyl (C=O) groups excluding carboxylic acids is 1. The largest absolute Gasteiger partial charge is 0.378 e. The summed E-state index contributed by atoms with van der Waals surface area (Å²) >= 11 is 0. The van der Waals surface area contributed by atoms with Gasteiger partial charge in [0, 0.05) is 52.4 Å². The van der Waals surface area contributed by atoms with E-state index in [9.17, 15) is 4.79 Å². The lowest BCUT2D eigenvalue weighted by Gasteiger charge is -2.34. The number of ether oxygens (including phenoxy) is 1. The molecule has 0 bridgehead atoms. The molecule has 0 saturated carbocycles. The average Bonchev–Trinajstić information content (AvgIpc) is 2.65. The molecule has 2 aliphatic heterocycles. The Morgan fingerprint density at radius 1 is 1.17 bits per heavy atom. The molecule has 2 aliphatic rings.